The number of carbonyl (C=O) groups excluding carboxylic acids is 1. The Morgan fingerprint density at radius 3 is 2.39 bits per heavy atom. The molecule has 0 aliphatic heterocycles. The van der Waals surface area contributed by atoms with E-state index in [-0.39, 0.29) is 11.9 Å². The van der Waals surface area contributed by atoms with Gasteiger partial charge in [-0.1, -0.05) is 37.1 Å². The van der Waals surface area contributed by atoms with Gasteiger partial charge in [-0.05, 0) is 51.4 Å². The third-order valence-corrected chi connectivity index (χ3v) is 5.06. The first-order valence-corrected chi connectivity index (χ1v) is 8.53. The lowest BCUT2D eigenvalue weighted by atomic mass is 9.96. The van der Waals surface area contributed by atoms with Crippen LogP contribution >= 0.6 is 0 Å². The summed E-state index contributed by atoms with van der Waals surface area (Å²) in [6.45, 7) is 2.64. The highest BCUT2D eigenvalue weighted by Crippen LogP contribution is 2.32. The highest BCUT2D eigenvalue weighted by Gasteiger charge is 2.33. The predicted octanol–water partition coefficient (Wildman–Crippen LogP) is 2.75. The number of aliphatic hydroxyl groups is 1. The maximum Gasteiger partial charge on any atom is 0.244 e. The fraction of sp³-hybridized carbons (Fsp3) is 0.632. The quantitative estimate of drug-likeness (QED) is 0.877. The van der Waals surface area contributed by atoms with Crippen LogP contribution in [0, 0.1) is 6.92 Å². The van der Waals surface area contributed by atoms with Crippen LogP contribution in [0.15, 0.2) is 24.3 Å². The van der Waals surface area contributed by atoms with Gasteiger partial charge in [-0.15, -0.1) is 0 Å². The zero-order valence-corrected chi connectivity index (χ0v) is 14.9. The smallest absolute Gasteiger partial charge is 0.244 e. The Morgan fingerprint density at radius 2 is 1.83 bits per heavy atom. The Balaban J connectivity index is 2.07. The molecule has 0 radical (unpaired) electrons. The van der Waals surface area contributed by atoms with Crippen LogP contribution in [-0.4, -0.2) is 54.1 Å². The van der Waals surface area contributed by atoms with Crippen molar-refractivity contribution in [2.75, 3.05) is 27.7 Å². The molecule has 0 aromatic heterocycles. The normalized spacial score (nSPS) is 18.2. The van der Waals surface area contributed by atoms with Gasteiger partial charge in [0, 0.05) is 13.6 Å². The van der Waals surface area contributed by atoms with Crippen molar-refractivity contribution in [3.63, 3.8) is 0 Å². The summed E-state index contributed by atoms with van der Waals surface area (Å²) in [5.41, 5.74) is 1.61. The van der Waals surface area contributed by atoms with E-state index in [2.05, 4.69) is 0 Å². The molecular weight excluding hydrogens is 288 g/mol. The van der Waals surface area contributed by atoms with Gasteiger partial charge in [-0.2, -0.15) is 0 Å². The van der Waals surface area contributed by atoms with Crippen molar-refractivity contribution in [1.82, 2.24) is 9.80 Å². The summed E-state index contributed by atoms with van der Waals surface area (Å²) in [7, 11) is 5.72. The van der Waals surface area contributed by atoms with E-state index in [4.69, 9.17) is 0 Å². The molecule has 1 N–H and O–H groups in total. The van der Waals surface area contributed by atoms with E-state index in [9.17, 15) is 9.90 Å². The lowest BCUT2D eigenvalue weighted by Crippen LogP contribution is -2.41. The molecular formula is C19H30N2O2. The van der Waals surface area contributed by atoms with Crippen LogP contribution in [0.25, 0.3) is 0 Å². The van der Waals surface area contributed by atoms with Gasteiger partial charge in [0.05, 0.1) is 5.60 Å². The number of benzene rings is 1. The monoisotopic (exact) mass is 318 g/mol. The number of nitrogens with zero attached hydrogens (tertiary/aromatic N) is 2. The molecule has 0 spiro atoms. The lowest BCUT2D eigenvalue weighted by molar-refractivity contribution is -0.135. The Morgan fingerprint density at radius 1 is 1.22 bits per heavy atom. The molecule has 1 aliphatic rings. The van der Waals surface area contributed by atoms with E-state index in [0.29, 0.717) is 13.0 Å². The number of amides is 1. The summed E-state index contributed by atoms with van der Waals surface area (Å²) in [6.07, 6.45) is 4.59. The van der Waals surface area contributed by atoms with Crippen LogP contribution in [0.4, 0.5) is 0 Å². The van der Waals surface area contributed by atoms with Crippen LogP contribution in [0.5, 0.6) is 0 Å². The Kier molecular flexibility index (Phi) is 5.82. The molecule has 4 heteroatoms. The second-order valence-corrected chi connectivity index (χ2v) is 7.16. The van der Waals surface area contributed by atoms with E-state index in [1.54, 1.807) is 4.90 Å². The molecule has 1 atom stereocenters. The molecule has 0 unspecified atom stereocenters. The third-order valence-electron chi connectivity index (χ3n) is 5.06. The minimum Gasteiger partial charge on any atom is -0.390 e. The van der Waals surface area contributed by atoms with E-state index < -0.39 is 5.60 Å². The Hall–Kier alpha value is -1.39. The Labute approximate surface area is 140 Å². The van der Waals surface area contributed by atoms with Crippen LogP contribution in [0.2, 0.25) is 0 Å². The van der Waals surface area contributed by atoms with Crippen molar-refractivity contribution in [2.24, 2.45) is 0 Å². The van der Waals surface area contributed by atoms with Crippen LogP contribution in [-0.2, 0) is 4.79 Å². The van der Waals surface area contributed by atoms with Gasteiger partial charge in [-0.3, -0.25) is 9.69 Å². The number of aryl methyl sites for hydroxylation is 1. The van der Waals surface area contributed by atoms with Gasteiger partial charge >= 0.3 is 0 Å². The fourth-order valence-electron chi connectivity index (χ4n) is 3.50. The summed E-state index contributed by atoms with van der Waals surface area (Å²) in [5, 5.41) is 10.5. The molecule has 1 amide bonds. The molecule has 1 fully saturated rings. The van der Waals surface area contributed by atoms with Crippen molar-refractivity contribution in [3.8, 4) is 0 Å². The summed E-state index contributed by atoms with van der Waals surface area (Å²) in [4.78, 5) is 16.7. The van der Waals surface area contributed by atoms with Crippen LogP contribution in [0.3, 0.4) is 0 Å². The molecule has 0 saturated heterocycles. The van der Waals surface area contributed by atoms with E-state index >= 15 is 0 Å². The maximum atomic E-state index is 12.9. The van der Waals surface area contributed by atoms with E-state index in [1.807, 2.05) is 57.2 Å². The minimum absolute atomic E-state index is 0.0888. The summed E-state index contributed by atoms with van der Waals surface area (Å²) in [5.74, 6) is 0.0888. The lowest BCUT2D eigenvalue weighted by Gasteiger charge is -2.31. The average molecular weight is 318 g/mol. The molecule has 1 aliphatic carbocycles. The Bertz CT molecular complexity index is 536. The molecule has 0 heterocycles. The SMILES string of the molecule is Cc1ccccc1[C@H](C(=O)N(C)CCC1(O)CCCC1)N(C)C. The van der Waals surface area contributed by atoms with Gasteiger partial charge in [0.1, 0.15) is 6.04 Å². The zero-order chi connectivity index (χ0) is 17.0. The molecule has 1 aromatic carbocycles. The van der Waals surface area contributed by atoms with Gasteiger partial charge in [0.2, 0.25) is 5.91 Å². The average Bonchev–Trinajstić information content (AvgIpc) is 2.94. The number of carbonyl (C=O) groups is 1. The largest absolute Gasteiger partial charge is 0.390 e. The van der Waals surface area contributed by atoms with Gasteiger partial charge < -0.3 is 10.0 Å². The summed E-state index contributed by atoms with van der Waals surface area (Å²) < 4.78 is 0. The molecule has 0 bridgehead atoms. The number of hydrogen-bond donors (Lipinski definition) is 1. The summed E-state index contributed by atoms with van der Waals surface area (Å²) >= 11 is 0. The second kappa shape index (κ2) is 7.45. The van der Waals surface area contributed by atoms with Gasteiger partial charge in [0.15, 0.2) is 0 Å². The second-order valence-electron chi connectivity index (χ2n) is 7.16. The predicted molar refractivity (Wildman–Crippen MR) is 93.3 cm³/mol. The van der Waals surface area contributed by atoms with E-state index in [1.165, 1.54) is 0 Å². The first kappa shape index (κ1) is 18.0. The van der Waals surface area contributed by atoms with Crippen LogP contribution < -0.4 is 0 Å². The molecule has 23 heavy (non-hydrogen) atoms. The number of rotatable bonds is 6. The highest BCUT2D eigenvalue weighted by molar-refractivity contribution is 5.83. The molecule has 1 aromatic rings. The zero-order valence-electron chi connectivity index (χ0n) is 14.9. The van der Waals surface area contributed by atoms with Crippen molar-refractivity contribution in [3.05, 3.63) is 35.4 Å². The molecule has 1 saturated carbocycles. The van der Waals surface area contributed by atoms with Gasteiger partial charge in [-0.25, -0.2) is 0 Å². The molecule has 2 rings (SSSR count). The fourth-order valence-corrected chi connectivity index (χ4v) is 3.50. The molecule has 128 valence electrons. The number of likely N-dealkylation sites (N-methyl/N-ethyl adjacent to an activating group) is 2. The van der Waals surface area contributed by atoms with Crippen molar-refractivity contribution < 1.29 is 9.90 Å². The van der Waals surface area contributed by atoms with Crippen LogP contribution in [0.1, 0.15) is 49.3 Å². The minimum atomic E-state index is -0.565. The first-order chi connectivity index (χ1) is 10.8. The highest BCUT2D eigenvalue weighted by atomic mass is 16.3. The maximum absolute atomic E-state index is 12.9. The third kappa shape index (κ3) is 4.33. The van der Waals surface area contributed by atoms with Gasteiger partial charge in [0.25, 0.3) is 0 Å². The molecule has 4 nitrogen and oxygen atoms in total. The van der Waals surface area contributed by atoms with Crippen molar-refractivity contribution >= 4 is 5.91 Å². The number of hydrogen-bond acceptors (Lipinski definition) is 3. The summed E-state index contributed by atoms with van der Waals surface area (Å²) in [6, 6.07) is 7.76. The van der Waals surface area contributed by atoms with Crippen molar-refractivity contribution in [1.29, 1.82) is 0 Å². The topological polar surface area (TPSA) is 43.8 Å². The standard InChI is InChI=1S/C19H30N2O2/c1-15-9-5-6-10-16(15)17(20(2)3)18(22)21(4)14-13-19(23)11-7-8-12-19/h5-6,9-10,17,23H,7-8,11-14H2,1-4H3/t17-/m1/s1. The first-order valence-electron chi connectivity index (χ1n) is 8.53. The van der Waals surface area contributed by atoms with Crippen molar-refractivity contribution in [2.45, 2.75) is 50.7 Å². The van der Waals surface area contributed by atoms with E-state index in [0.717, 1.165) is 36.8 Å².